The van der Waals surface area contributed by atoms with Crippen LogP contribution in [0.15, 0.2) is 24.3 Å². The molecule has 4 nitrogen and oxygen atoms in total. The molecule has 6 heteroatoms. The van der Waals surface area contributed by atoms with Gasteiger partial charge in [0.2, 0.25) is 0 Å². The second kappa shape index (κ2) is 8.93. The van der Waals surface area contributed by atoms with E-state index in [4.69, 9.17) is 16.3 Å². The number of nitrogens with one attached hydrogen (secondary N) is 1. The van der Waals surface area contributed by atoms with Crippen LogP contribution in [0.4, 0.5) is 5.69 Å². The van der Waals surface area contributed by atoms with Gasteiger partial charge in [-0.1, -0.05) is 27.5 Å². The van der Waals surface area contributed by atoms with Gasteiger partial charge in [0.05, 0.1) is 0 Å². The number of halogens is 2. The number of benzene rings is 1. The molecule has 0 aliphatic rings. The molecule has 19 heavy (non-hydrogen) atoms. The largest absolute Gasteiger partial charge is 0.456 e. The summed E-state index contributed by atoms with van der Waals surface area (Å²) in [5.41, 5.74) is 0.615. The predicted molar refractivity (Wildman–Crippen MR) is 78.7 cm³/mol. The first kappa shape index (κ1) is 16.0. The van der Waals surface area contributed by atoms with Gasteiger partial charge >= 0.3 is 5.97 Å². The lowest BCUT2D eigenvalue weighted by atomic mass is 10.2. The molecule has 0 saturated heterocycles. The Kier molecular flexibility index (Phi) is 7.52. The minimum atomic E-state index is -0.365. The summed E-state index contributed by atoms with van der Waals surface area (Å²) >= 11 is 9.00. The summed E-state index contributed by atoms with van der Waals surface area (Å²) in [6, 6.07) is 6.70. The van der Waals surface area contributed by atoms with Gasteiger partial charge in [0.25, 0.3) is 5.91 Å². The van der Waals surface area contributed by atoms with Crippen molar-refractivity contribution < 1.29 is 14.3 Å². The maximum Gasteiger partial charge on any atom is 0.306 e. The zero-order valence-corrected chi connectivity index (χ0v) is 12.7. The van der Waals surface area contributed by atoms with Crippen LogP contribution in [0.25, 0.3) is 0 Å². The molecule has 0 aromatic heterocycles. The quantitative estimate of drug-likeness (QED) is 0.467. The summed E-state index contributed by atoms with van der Waals surface area (Å²) < 4.78 is 4.85. The second-order valence-corrected chi connectivity index (χ2v) is 5.09. The number of alkyl halides is 1. The van der Waals surface area contributed by atoms with E-state index in [-0.39, 0.29) is 18.5 Å². The fourth-order valence-electron chi connectivity index (χ4n) is 1.31. The lowest BCUT2D eigenvalue weighted by Gasteiger charge is -2.06. The minimum Gasteiger partial charge on any atom is -0.456 e. The Morgan fingerprint density at radius 1 is 1.21 bits per heavy atom. The number of unbranched alkanes of at least 4 members (excludes halogenated alkanes) is 1. The molecule has 0 heterocycles. The molecule has 0 fully saturated rings. The van der Waals surface area contributed by atoms with E-state index >= 15 is 0 Å². The van der Waals surface area contributed by atoms with Crippen LogP contribution < -0.4 is 5.32 Å². The first-order chi connectivity index (χ1) is 9.11. The van der Waals surface area contributed by atoms with Crippen molar-refractivity contribution in [2.75, 3.05) is 17.3 Å². The number of carbonyl (C=O) groups excluding carboxylic acids is 2. The average molecular weight is 349 g/mol. The van der Waals surface area contributed by atoms with E-state index in [1.54, 1.807) is 24.3 Å². The highest BCUT2D eigenvalue weighted by Gasteiger charge is 2.07. The molecule has 0 bridgehead atoms. The SMILES string of the molecule is O=C(COC(=O)CCCCBr)Nc1ccc(Cl)cc1. The Balaban J connectivity index is 2.24. The van der Waals surface area contributed by atoms with Gasteiger partial charge in [-0.05, 0) is 37.1 Å². The van der Waals surface area contributed by atoms with Crippen molar-refractivity contribution in [1.82, 2.24) is 0 Å². The predicted octanol–water partition coefficient (Wildman–Crippen LogP) is 3.39. The number of hydrogen-bond acceptors (Lipinski definition) is 3. The van der Waals surface area contributed by atoms with Gasteiger partial charge in [-0.3, -0.25) is 9.59 Å². The number of rotatable bonds is 7. The van der Waals surface area contributed by atoms with Crippen LogP contribution in [-0.4, -0.2) is 23.8 Å². The Hall–Kier alpha value is -1.07. The van der Waals surface area contributed by atoms with E-state index in [9.17, 15) is 9.59 Å². The molecule has 1 rings (SSSR count). The zero-order chi connectivity index (χ0) is 14.1. The van der Waals surface area contributed by atoms with Gasteiger partial charge in [0.15, 0.2) is 6.61 Å². The molecule has 1 amide bonds. The average Bonchev–Trinajstić information content (AvgIpc) is 2.39. The lowest BCUT2D eigenvalue weighted by molar-refractivity contribution is -0.147. The standard InChI is InChI=1S/C13H15BrClNO3/c14-8-2-1-3-13(18)19-9-12(17)16-11-6-4-10(15)5-7-11/h4-7H,1-3,8-9H2,(H,16,17). The molecule has 0 spiro atoms. The third-order valence-electron chi connectivity index (χ3n) is 2.26. The fraction of sp³-hybridized carbons (Fsp3) is 0.385. The Morgan fingerprint density at radius 2 is 1.89 bits per heavy atom. The topological polar surface area (TPSA) is 55.4 Å². The van der Waals surface area contributed by atoms with Crippen LogP contribution in [0.5, 0.6) is 0 Å². The van der Waals surface area contributed by atoms with Crippen LogP contribution in [0.1, 0.15) is 19.3 Å². The first-order valence-corrected chi connectivity index (χ1v) is 7.39. The third kappa shape index (κ3) is 7.18. The van der Waals surface area contributed by atoms with E-state index in [0.29, 0.717) is 17.1 Å². The maximum atomic E-state index is 11.5. The van der Waals surface area contributed by atoms with Crippen molar-refractivity contribution in [3.8, 4) is 0 Å². The highest BCUT2D eigenvalue weighted by molar-refractivity contribution is 9.09. The Morgan fingerprint density at radius 3 is 2.53 bits per heavy atom. The van der Waals surface area contributed by atoms with Crippen LogP contribution in [-0.2, 0) is 14.3 Å². The highest BCUT2D eigenvalue weighted by Crippen LogP contribution is 2.13. The van der Waals surface area contributed by atoms with Gasteiger partial charge in [0.1, 0.15) is 0 Å². The summed E-state index contributed by atoms with van der Waals surface area (Å²) in [5.74, 6) is -0.719. The Labute approximate surface area is 125 Å². The molecule has 0 atom stereocenters. The van der Waals surface area contributed by atoms with Gasteiger partial charge in [-0.2, -0.15) is 0 Å². The van der Waals surface area contributed by atoms with Crippen LogP contribution >= 0.6 is 27.5 Å². The molecule has 0 radical (unpaired) electrons. The number of anilines is 1. The van der Waals surface area contributed by atoms with Gasteiger partial charge in [0, 0.05) is 22.5 Å². The minimum absolute atomic E-state index is 0.268. The molecular formula is C13H15BrClNO3. The molecule has 0 aliphatic carbocycles. The summed E-state index contributed by atoms with van der Waals surface area (Å²) in [4.78, 5) is 22.8. The van der Waals surface area contributed by atoms with Gasteiger partial charge < -0.3 is 10.1 Å². The van der Waals surface area contributed by atoms with Crippen molar-refractivity contribution in [2.45, 2.75) is 19.3 Å². The highest BCUT2D eigenvalue weighted by atomic mass is 79.9. The van der Waals surface area contributed by atoms with Crippen molar-refractivity contribution in [3.63, 3.8) is 0 Å². The first-order valence-electron chi connectivity index (χ1n) is 5.89. The van der Waals surface area contributed by atoms with E-state index in [0.717, 1.165) is 18.2 Å². The normalized spacial score (nSPS) is 10.0. The second-order valence-electron chi connectivity index (χ2n) is 3.86. The van der Waals surface area contributed by atoms with E-state index in [2.05, 4.69) is 21.2 Å². The molecule has 0 saturated carbocycles. The van der Waals surface area contributed by atoms with Gasteiger partial charge in [-0.15, -0.1) is 0 Å². The molecule has 1 aromatic carbocycles. The molecular weight excluding hydrogens is 334 g/mol. The molecule has 104 valence electrons. The van der Waals surface area contributed by atoms with Gasteiger partial charge in [-0.25, -0.2) is 0 Å². The van der Waals surface area contributed by atoms with E-state index < -0.39 is 0 Å². The number of carbonyl (C=O) groups is 2. The summed E-state index contributed by atoms with van der Waals surface area (Å²) in [6.07, 6.45) is 1.99. The summed E-state index contributed by atoms with van der Waals surface area (Å²) in [7, 11) is 0. The maximum absolute atomic E-state index is 11.5. The number of esters is 1. The number of hydrogen-bond donors (Lipinski definition) is 1. The van der Waals surface area contributed by atoms with E-state index in [1.807, 2.05) is 0 Å². The lowest BCUT2D eigenvalue weighted by Crippen LogP contribution is -2.20. The van der Waals surface area contributed by atoms with Crippen molar-refractivity contribution >= 4 is 45.1 Å². The van der Waals surface area contributed by atoms with Crippen LogP contribution in [0.3, 0.4) is 0 Å². The summed E-state index contributed by atoms with van der Waals surface area (Å²) in [6.45, 7) is -0.268. The summed E-state index contributed by atoms with van der Waals surface area (Å²) in [5, 5.41) is 4.06. The third-order valence-corrected chi connectivity index (χ3v) is 3.07. The zero-order valence-electron chi connectivity index (χ0n) is 10.3. The van der Waals surface area contributed by atoms with Crippen molar-refractivity contribution in [2.24, 2.45) is 0 Å². The van der Waals surface area contributed by atoms with Crippen molar-refractivity contribution in [1.29, 1.82) is 0 Å². The van der Waals surface area contributed by atoms with Crippen molar-refractivity contribution in [3.05, 3.63) is 29.3 Å². The van der Waals surface area contributed by atoms with E-state index in [1.165, 1.54) is 0 Å². The number of amides is 1. The molecule has 0 aliphatic heterocycles. The van der Waals surface area contributed by atoms with Crippen LogP contribution in [0, 0.1) is 0 Å². The monoisotopic (exact) mass is 347 g/mol. The number of ether oxygens (including phenoxy) is 1. The molecule has 1 aromatic rings. The fourth-order valence-corrected chi connectivity index (χ4v) is 1.83. The van der Waals surface area contributed by atoms with Crippen LogP contribution in [0.2, 0.25) is 5.02 Å². The molecule has 1 N–H and O–H groups in total. The molecule has 0 unspecified atom stereocenters. The smallest absolute Gasteiger partial charge is 0.306 e. The Bertz CT molecular complexity index is 422.